The van der Waals surface area contributed by atoms with Crippen molar-refractivity contribution in [3.63, 3.8) is 0 Å². The lowest BCUT2D eigenvalue weighted by Crippen LogP contribution is -2.38. The minimum Gasteiger partial charge on any atom is -0.391 e. The fourth-order valence-corrected chi connectivity index (χ4v) is 2.92. The van der Waals surface area contributed by atoms with Crippen LogP contribution >= 0.6 is 0 Å². The SMILES string of the molecule is Cc1cc2c(N3CCCC(O)C3)ccc([N+](=O)[O-])c2cn1. The maximum absolute atomic E-state index is 11.2. The number of anilines is 1. The zero-order chi connectivity index (χ0) is 15.0. The fraction of sp³-hybridized carbons (Fsp3) is 0.400. The Morgan fingerprint density at radius 3 is 2.95 bits per heavy atom. The van der Waals surface area contributed by atoms with Gasteiger partial charge in [-0.2, -0.15) is 0 Å². The molecule has 1 aromatic carbocycles. The number of hydrogen-bond donors (Lipinski definition) is 1. The zero-order valence-electron chi connectivity index (χ0n) is 11.8. The van der Waals surface area contributed by atoms with E-state index < -0.39 is 0 Å². The third-order valence-electron chi connectivity index (χ3n) is 3.93. The highest BCUT2D eigenvalue weighted by atomic mass is 16.6. The predicted molar refractivity (Wildman–Crippen MR) is 80.6 cm³/mol. The van der Waals surface area contributed by atoms with Gasteiger partial charge in [0.2, 0.25) is 0 Å². The number of aliphatic hydroxyl groups excluding tert-OH is 1. The number of β-amino-alcohol motifs (C(OH)–C–C–N with tert-alkyl or cyclic N) is 1. The minimum atomic E-state index is -0.381. The Bertz CT molecular complexity index is 702. The second-order valence-electron chi connectivity index (χ2n) is 5.47. The maximum Gasteiger partial charge on any atom is 0.278 e. The van der Waals surface area contributed by atoms with Crippen molar-refractivity contribution in [2.45, 2.75) is 25.9 Å². The number of nitro groups is 1. The number of aliphatic hydroxyl groups is 1. The maximum atomic E-state index is 11.2. The van der Waals surface area contributed by atoms with E-state index in [9.17, 15) is 15.2 Å². The first-order valence-corrected chi connectivity index (χ1v) is 7.03. The predicted octanol–water partition coefficient (Wildman–Crippen LogP) is 2.41. The van der Waals surface area contributed by atoms with Gasteiger partial charge in [-0.25, -0.2) is 0 Å². The van der Waals surface area contributed by atoms with Crippen molar-refractivity contribution in [3.8, 4) is 0 Å². The lowest BCUT2D eigenvalue weighted by Gasteiger charge is -2.32. The second-order valence-corrected chi connectivity index (χ2v) is 5.47. The molecule has 6 heteroatoms. The topological polar surface area (TPSA) is 79.5 Å². The number of aromatic nitrogens is 1. The highest BCUT2D eigenvalue weighted by Crippen LogP contribution is 2.34. The van der Waals surface area contributed by atoms with Crippen LogP contribution in [0.2, 0.25) is 0 Å². The first-order chi connectivity index (χ1) is 10.1. The molecule has 3 rings (SSSR count). The second kappa shape index (κ2) is 5.29. The van der Waals surface area contributed by atoms with E-state index in [1.165, 1.54) is 6.07 Å². The van der Waals surface area contributed by atoms with Gasteiger partial charge in [0, 0.05) is 42.1 Å². The summed E-state index contributed by atoms with van der Waals surface area (Å²) in [6.07, 6.45) is 2.95. The van der Waals surface area contributed by atoms with Crippen molar-refractivity contribution < 1.29 is 10.0 Å². The normalized spacial score (nSPS) is 19.0. The van der Waals surface area contributed by atoms with Crippen molar-refractivity contribution >= 4 is 22.1 Å². The number of piperidine rings is 1. The molecular formula is C15H17N3O3. The summed E-state index contributed by atoms with van der Waals surface area (Å²) in [5, 5.41) is 22.4. The van der Waals surface area contributed by atoms with Crippen LogP contribution in [0.3, 0.4) is 0 Å². The number of nitrogens with zero attached hydrogens (tertiary/aromatic N) is 3. The Morgan fingerprint density at radius 2 is 2.24 bits per heavy atom. The third kappa shape index (κ3) is 2.54. The highest BCUT2D eigenvalue weighted by molar-refractivity contribution is 5.99. The van der Waals surface area contributed by atoms with Crippen LogP contribution in [-0.4, -0.2) is 34.2 Å². The minimum absolute atomic E-state index is 0.0683. The molecule has 1 aliphatic heterocycles. The van der Waals surface area contributed by atoms with Gasteiger partial charge >= 0.3 is 0 Å². The summed E-state index contributed by atoms with van der Waals surface area (Å²) in [4.78, 5) is 17.1. The quantitative estimate of drug-likeness (QED) is 0.677. The Kier molecular flexibility index (Phi) is 3.47. The van der Waals surface area contributed by atoms with E-state index in [2.05, 4.69) is 9.88 Å². The van der Waals surface area contributed by atoms with Crippen LogP contribution in [0.15, 0.2) is 24.4 Å². The molecule has 1 aliphatic rings. The number of nitro benzene ring substituents is 1. The van der Waals surface area contributed by atoms with Gasteiger partial charge in [-0.3, -0.25) is 15.1 Å². The van der Waals surface area contributed by atoms with Gasteiger partial charge in [0.15, 0.2) is 0 Å². The summed E-state index contributed by atoms with van der Waals surface area (Å²) in [7, 11) is 0. The van der Waals surface area contributed by atoms with Gasteiger partial charge in [0.05, 0.1) is 16.4 Å². The van der Waals surface area contributed by atoms with Crippen LogP contribution < -0.4 is 4.90 Å². The van der Waals surface area contributed by atoms with Gasteiger partial charge in [-0.15, -0.1) is 0 Å². The van der Waals surface area contributed by atoms with Gasteiger partial charge < -0.3 is 10.0 Å². The lowest BCUT2D eigenvalue weighted by molar-refractivity contribution is -0.383. The summed E-state index contributed by atoms with van der Waals surface area (Å²) >= 11 is 0. The smallest absolute Gasteiger partial charge is 0.278 e. The van der Waals surface area contributed by atoms with Gasteiger partial charge in [-0.05, 0) is 31.9 Å². The van der Waals surface area contributed by atoms with Crippen LogP contribution in [0.1, 0.15) is 18.5 Å². The molecule has 21 heavy (non-hydrogen) atoms. The Morgan fingerprint density at radius 1 is 1.43 bits per heavy atom. The van der Waals surface area contributed by atoms with E-state index in [1.807, 2.05) is 13.0 Å². The summed E-state index contributed by atoms with van der Waals surface area (Å²) in [5.41, 5.74) is 1.82. The standard InChI is InChI=1S/C15H17N3O3/c1-10-7-12-13(8-16-10)15(18(20)21)5-4-14(12)17-6-2-3-11(19)9-17/h4-5,7-8,11,19H,2-3,6,9H2,1H3. The number of benzene rings is 1. The van der Waals surface area contributed by atoms with E-state index in [-0.39, 0.29) is 16.7 Å². The fourth-order valence-electron chi connectivity index (χ4n) is 2.92. The van der Waals surface area contributed by atoms with Gasteiger partial charge in [-0.1, -0.05) is 0 Å². The van der Waals surface area contributed by atoms with Gasteiger partial charge in [0.1, 0.15) is 0 Å². The summed E-state index contributed by atoms with van der Waals surface area (Å²) in [6.45, 7) is 3.28. The molecular weight excluding hydrogens is 270 g/mol. The van der Waals surface area contributed by atoms with Crippen LogP contribution in [0.4, 0.5) is 11.4 Å². The van der Waals surface area contributed by atoms with Crippen molar-refractivity contribution in [3.05, 3.63) is 40.2 Å². The van der Waals surface area contributed by atoms with Crippen molar-refractivity contribution in [2.75, 3.05) is 18.0 Å². The molecule has 0 spiro atoms. The van der Waals surface area contributed by atoms with E-state index in [0.717, 1.165) is 36.2 Å². The Labute approximate surface area is 122 Å². The number of non-ortho nitro benzene ring substituents is 1. The highest BCUT2D eigenvalue weighted by Gasteiger charge is 2.22. The van der Waals surface area contributed by atoms with Crippen LogP contribution in [0, 0.1) is 17.0 Å². The molecule has 1 saturated heterocycles. The molecule has 1 fully saturated rings. The van der Waals surface area contributed by atoms with E-state index in [1.54, 1.807) is 12.3 Å². The molecule has 110 valence electrons. The average Bonchev–Trinajstić information content (AvgIpc) is 2.45. The molecule has 0 saturated carbocycles. The molecule has 2 aromatic rings. The molecule has 6 nitrogen and oxygen atoms in total. The summed E-state index contributed by atoms with van der Waals surface area (Å²) in [5.74, 6) is 0. The first-order valence-electron chi connectivity index (χ1n) is 7.03. The van der Waals surface area contributed by atoms with E-state index in [0.29, 0.717) is 11.9 Å². The molecule has 1 N–H and O–H groups in total. The number of rotatable bonds is 2. The number of fused-ring (bicyclic) bond motifs is 1. The van der Waals surface area contributed by atoms with E-state index >= 15 is 0 Å². The Balaban J connectivity index is 2.17. The number of aryl methyl sites for hydroxylation is 1. The molecule has 2 heterocycles. The molecule has 0 radical (unpaired) electrons. The Hall–Kier alpha value is -2.21. The zero-order valence-corrected chi connectivity index (χ0v) is 11.8. The van der Waals surface area contributed by atoms with Crippen LogP contribution in [-0.2, 0) is 0 Å². The average molecular weight is 287 g/mol. The number of hydrogen-bond acceptors (Lipinski definition) is 5. The lowest BCUT2D eigenvalue weighted by atomic mass is 10.0. The molecule has 1 atom stereocenters. The van der Waals surface area contributed by atoms with Crippen molar-refractivity contribution in [2.24, 2.45) is 0 Å². The summed E-state index contributed by atoms with van der Waals surface area (Å²) < 4.78 is 0. The largest absolute Gasteiger partial charge is 0.391 e. The molecule has 1 unspecified atom stereocenters. The monoisotopic (exact) mass is 287 g/mol. The number of pyridine rings is 1. The third-order valence-corrected chi connectivity index (χ3v) is 3.93. The van der Waals surface area contributed by atoms with Crippen molar-refractivity contribution in [1.82, 2.24) is 4.98 Å². The first kappa shape index (κ1) is 13.8. The summed E-state index contributed by atoms with van der Waals surface area (Å²) in [6, 6.07) is 5.17. The molecule has 0 aliphatic carbocycles. The van der Waals surface area contributed by atoms with Crippen molar-refractivity contribution in [1.29, 1.82) is 0 Å². The van der Waals surface area contributed by atoms with E-state index in [4.69, 9.17) is 0 Å². The van der Waals surface area contributed by atoms with Crippen LogP contribution in [0.25, 0.3) is 10.8 Å². The van der Waals surface area contributed by atoms with Gasteiger partial charge in [0.25, 0.3) is 5.69 Å². The molecule has 0 amide bonds. The molecule has 1 aromatic heterocycles. The molecule has 0 bridgehead atoms. The van der Waals surface area contributed by atoms with Crippen LogP contribution in [0.5, 0.6) is 0 Å².